The van der Waals surface area contributed by atoms with Crippen molar-refractivity contribution in [2.24, 2.45) is 0 Å². The van der Waals surface area contributed by atoms with Gasteiger partial charge in [-0.05, 0) is 0 Å². The monoisotopic (exact) mass is 170 g/mol. The fourth-order valence-corrected chi connectivity index (χ4v) is 5.80. The van der Waals surface area contributed by atoms with Crippen molar-refractivity contribution in [2.75, 3.05) is 0 Å². The zero-order chi connectivity index (χ0) is 8.32. The Bertz CT molecular complexity index is 138. The second kappa shape index (κ2) is 3.52. The average molecular weight is 170 g/mol. The van der Waals surface area contributed by atoms with Gasteiger partial charge in [0.1, 0.15) is 5.78 Å². The molecule has 0 amide bonds. The normalized spacial score (nSPS) is 23.6. The van der Waals surface area contributed by atoms with Crippen molar-refractivity contribution in [3.05, 3.63) is 0 Å². The number of ketones is 1. The van der Waals surface area contributed by atoms with Crippen molar-refractivity contribution < 1.29 is 4.79 Å². The number of carbonyl (C=O) groups is 1. The van der Waals surface area contributed by atoms with Crippen LogP contribution in [0.25, 0.3) is 0 Å². The minimum absolute atomic E-state index is 0.509. The number of hydrogen-bond acceptors (Lipinski definition) is 1. The molecule has 0 aromatic rings. The summed E-state index contributed by atoms with van der Waals surface area (Å²) in [6, 6.07) is 5.32. The highest BCUT2D eigenvalue weighted by Crippen LogP contribution is 2.32. The van der Waals surface area contributed by atoms with E-state index in [1.165, 1.54) is 24.2 Å². The van der Waals surface area contributed by atoms with Crippen LogP contribution in [-0.4, -0.2) is 13.9 Å². The molecule has 64 valence electrons. The third kappa shape index (κ3) is 1.92. The van der Waals surface area contributed by atoms with E-state index in [1.54, 1.807) is 0 Å². The smallest absolute Gasteiger partial charge is 0.132 e. The van der Waals surface area contributed by atoms with Gasteiger partial charge in [-0.15, -0.1) is 0 Å². The van der Waals surface area contributed by atoms with Gasteiger partial charge < -0.3 is 0 Å². The van der Waals surface area contributed by atoms with Crippen LogP contribution in [0.5, 0.6) is 0 Å². The van der Waals surface area contributed by atoms with E-state index < -0.39 is 8.07 Å². The molecule has 0 aromatic carbocycles. The van der Waals surface area contributed by atoms with E-state index in [9.17, 15) is 4.79 Å². The lowest BCUT2D eigenvalue weighted by Crippen LogP contribution is -2.36. The van der Waals surface area contributed by atoms with Gasteiger partial charge in [-0.2, -0.15) is 0 Å². The molecule has 0 spiro atoms. The molecule has 0 radical (unpaired) electrons. The fraction of sp³-hybridized carbons (Fsp3) is 0.889. The Hall–Kier alpha value is -0.113. The molecular weight excluding hydrogens is 152 g/mol. The van der Waals surface area contributed by atoms with Crippen LogP contribution in [0.1, 0.15) is 26.7 Å². The van der Waals surface area contributed by atoms with Gasteiger partial charge in [-0.3, -0.25) is 4.79 Å². The van der Waals surface area contributed by atoms with Gasteiger partial charge in [-0.25, -0.2) is 0 Å². The molecule has 0 saturated carbocycles. The third-order valence-electron chi connectivity index (χ3n) is 3.37. The number of Topliss-reactive ketones (excluding diaryl/α,β-unsaturated/α-hetero) is 1. The van der Waals surface area contributed by atoms with Crippen molar-refractivity contribution in [1.29, 1.82) is 0 Å². The van der Waals surface area contributed by atoms with Crippen molar-refractivity contribution in [3.63, 3.8) is 0 Å². The van der Waals surface area contributed by atoms with Crippen molar-refractivity contribution >= 4 is 13.9 Å². The van der Waals surface area contributed by atoms with Gasteiger partial charge in [0.2, 0.25) is 0 Å². The summed E-state index contributed by atoms with van der Waals surface area (Å²) in [6.07, 6.45) is 1.79. The van der Waals surface area contributed by atoms with Crippen molar-refractivity contribution in [3.8, 4) is 0 Å². The standard InChI is InChI=1S/C9H18OSi/c1-3-11(4-2)7-5-9(10)6-8-11/h3-8H2,1-2H3. The molecule has 1 aliphatic heterocycles. The van der Waals surface area contributed by atoms with E-state index >= 15 is 0 Å². The van der Waals surface area contributed by atoms with Crippen LogP contribution in [0, 0.1) is 0 Å². The predicted octanol–water partition coefficient (Wildman–Crippen LogP) is 2.84. The molecule has 2 heteroatoms. The average Bonchev–Trinajstić information content (AvgIpc) is 2.07. The molecule has 1 aliphatic rings. The largest absolute Gasteiger partial charge is 0.300 e. The van der Waals surface area contributed by atoms with Gasteiger partial charge in [0.15, 0.2) is 0 Å². The molecule has 1 heterocycles. The van der Waals surface area contributed by atoms with Crippen LogP contribution < -0.4 is 0 Å². The van der Waals surface area contributed by atoms with Crippen LogP contribution in [0.3, 0.4) is 0 Å². The highest BCUT2D eigenvalue weighted by Gasteiger charge is 2.32. The molecule has 11 heavy (non-hydrogen) atoms. The Morgan fingerprint density at radius 3 is 2.00 bits per heavy atom. The van der Waals surface area contributed by atoms with Gasteiger partial charge in [0.25, 0.3) is 0 Å². The van der Waals surface area contributed by atoms with E-state index in [4.69, 9.17) is 0 Å². The maximum absolute atomic E-state index is 11.0. The maximum Gasteiger partial charge on any atom is 0.132 e. The van der Waals surface area contributed by atoms with Crippen LogP contribution in [0.4, 0.5) is 0 Å². The summed E-state index contributed by atoms with van der Waals surface area (Å²) in [5.41, 5.74) is 0. The molecule has 1 fully saturated rings. The minimum Gasteiger partial charge on any atom is -0.300 e. The Kier molecular flexibility index (Phi) is 2.88. The lowest BCUT2D eigenvalue weighted by atomic mass is 10.2. The lowest BCUT2D eigenvalue weighted by Gasteiger charge is -2.32. The minimum atomic E-state index is -0.893. The first-order valence-electron chi connectivity index (χ1n) is 4.74. The molecule has 1 nitrogen and oxygen atoms in total. The zero-order valence-electron chi connectivity index (χ0n) is 7.65. The first-order chi connectivity index (χ1) is 5.22. The number of hydrogen-bond donors (Lipinski definition) is 0. The molecule has 0 aliphatic carbocycles. The van der Waals surface area contributed by atoms with Crippen molar-refractivity contribution in [2.45, 2.75) is 50.9 Å². The Balaban J connectivity index is 2.52. The Morgan fingerprint density at radius 1 is 1.18 bits per heavy atom. The Labute approximate surface area is 70.2 Å². The van der Waals surface area contributed by atoms with Gasteiger partial charge in [-0.1, -0.05) is 38.0 Å². The summed E-state index contributed by atoms with van der Waals surface area (Å²) < 4.78 is 0. The summed E-state index contributed by atoms with van der Waals surface area (Å²) in [5, 5.41) is 0. The van der Waals surface area contributed by atoms with E-state index in [1.807, 2.05) is 0 Å². The molecule has 0 aromatic heterocycles. The SMILES string of the molecule is CC[Si]1(CC)CCC(=O)CC1. The zero-order valence-corrected chi connectivity index (χ0v) is 8.65. The molecular formula is C9H18OSi. The highest BCUT2D eigenvalue weighted by molar-refractivity contribution is 6.80. The summed E-state index contributed by atoms with van der Waals surface area (Å²) in [6.45, 7) is 4.62. The van der Waals surface area contributed by atoms with Gasteiger partial charge >= 0.3 is 0 Å². The fourth-order valence-electron chi connectivity index (χ4n) is 2.02. The molecule has 1 saturated heterocycles. The Morgan fingerprint density at radius 2 is 1.64 bits per heavy atom. The van der Waals surface area contributed by atoms with E-state index in [0.717, 1.165) is 12.8 Å². The van der Waals surface area contributed by atoms with E-state index in [-0.39, 0.29) is 0 Å². The molecule has 0 bridgehead atoms. The maximum atomic E-state index is 11.0. The lowest BCUT2D eigenvalue weighted by molar-refractivity contribution is -0.118. The van der Waals surface area contributed by atoms with Crippen LogP contribution in [0.15, 0.2) is 0 Å². The van der Waals surface area contributed by atoms with Crippen LogP contribution in [-0.2, 0) is 4.79 Å². The van der Waals surface area contributed by atoms with Crippen LogP contribution in [0.2, 0.25) is 24.2 Å². The summed E-state index contributed by atoms with van der Waals surface area (Å²) in [7, 11) is -0.893. The first-order valence-corrected chi connectivity index (χ1v) is 7.57. The summed E-state index contributed by atoms with van der Waals surface area (Å²) in [5.74, 6) is 0.509. The van der Waals surface area contributed by atoms with Crippen molar-refractivity contribution in [1.82, 2.24) is 0 Å². The third-order valence-corrected chi connectivity index (χ3v) is 8.99. The molecule has 0 atom stereocenters. The van der Waals surface area contributed by atoms with E-state index in [2.05, 4.69) is 13.8 Å². The number of carbonyl (C=O) groups excluding carboxylic acids is 1. The predicted molar refractivity (Wildman–Crippen MR) is 50.6 cm³/mol. The van der Waals surface area contributed by atoms with E-state index in [0.29, 0.717) is 5.78 Å². The topological polar surface area (TPSA) is 17.1 Å². The highest BCUT2D eigenvalue weighted by atomic mass is 28.3. The van der Waals surface area contributed by atoms with Crippen LogP contribution >= 0.6 is 0 Å². The molecule has 0 N–H and O–H groups in total. The van der Waals surface area contributed by atoms with Gasteiger partial charge in [0.05, 0.1) is 8.07 Å². The summed E-state index contributed by atoms with van der Waals surface area (Å²) in [4.78, 5) is 11.0. The van der Waals surface area contributed by atoms with Gasteiger partial charge in [0, 0.05) is 12.8 Å². The quantitative estimate of drug-likeness (QED) is 0.582. The first kappa shape index (κ1) is 8.98. The second-order valence-electron chi connectivity index (χ2n) is 3.75. The molecule has 1 rings (SSSR count). The summed E-state index contributed by atoms with van der Waals surface area (Å²) >= 11 is 0. The molecule has 0 unspecified atom stereocenters. The number of rotatable bonds is 2. The second-order valence-corrected chi connectivity index (χ2v) is 9.16.